The van der Waals surface area contributed by atoms with Crippen LogP contribution in [0.4, 0.5) is 5.69 Å². The van der Waals surface area contributed by atoms with Gasteiger partial charge in [-0.2, -0.15) is 0 Å². The van der Waals surface area contributed by atoms with Crippen LogP contribution in [0.15, 0.2) is 28.0 Å². The minimum absolute atomic E-state index is 0. The van der Waals surface area contributed by atoms with E-state index in [2.05, 4.69) is 12.6 Å². The van der Waals surface area contributed by atoms with Crippen LogP contribution >= 0.6 is 12.6 Å². The number of rotatable bonds is 1. The molecule has 0 amide bonds. The predicted octanol–water partition coefficient (Wildman–Crippen LogP) is 0.490. The summed E-state index contributed by atoms with van der Waals surface area (Å²) in [5.41, 5.74) is 5.85. The van der Waals surface area contributed by atoms with Crippen LogP contribution in [0.3, 0.4) is 0 Å². The van der Waals surface area contributed by atoms with E-state index in [4.69, 9.17) is 10.3 Å². The van der Waals surface area contributed by atoms with Crippen molar-refractivity contribution in [3.8, 4) is 0 Å². The molecule has 0 saturated carbocycles. The molecule has 0 fully saturated rings. The van der Waals surface area contributed by atoms with E-state index in [9.17, 15) is 4.21 Å². The monoisotopic (exact) mass is 213 g/mol. The molecule has 0 aliphatic carbocycles. The van der Waals surface area contributed by atoms with Gasteiger partial charge in [-0.05, 0) is 18.2 Å². The summed E-state index contributed by atoms with van der Waals surface area (Å²) in [6, 6.07) is 4.52. The number of hydrogen-bond acceptors (Lipinski definition) is 3. The molecule has 1 rings (SSSR count). The molecule has 0 radical (unpaired) electrons. The Morgan fingerprint density at radius 3 is 2.50 bits per heavy atom. The molecule has 0 aromatic heterocycles. The van der Waals surface area contributed by atoms with Crippen LogP contribution in [0.5, 0.6) is 0 Å². The fourth-order valence-electron chi connectivity index (χ4n) is 0.641. The standard InChI is InChI=1S/C6H7NO2S2.Na.H/c7-5-3-4(11(8)9)1-2-6(5)10;;/h1-3,10H,7H2,(H,8,9);;. The van der Waals surface area contributed by atoms with Crippen molar-refractivity contribution in [3.63, 3.8) is 0 Å². The number of benzene rings is 1. The van der Waals surface area contributed by atoms with E-state index in [1.165, 1.54) is 12.1 Å². The van der Waals surface area contributed by atoms with Gasteiger partial charge in [-0.1, -0.05) is 0 Å². The number of thiol groups is 1. The van der Waals surface area contributed by atoms with Crippen molar-refractivity contribution in [2.45, 2.75) is 9.79 Å². The quantitative estimate of drug-likeness (QED) is 0.275. The van der Waals surface area contributed by atoms with E-state index in [1.54, 1.807) is 6.07 Å². The molecule has 1 aromatic carbocycles. The zero-order chi connectivity index (χ0) is 8.43. The van der Waals surface area contributed by atoms with Gasteiger partial charge in [-0.25, -0.2) is 4.21 Å². The van der Waals surface area contributed by atoms with Gasteiger partial charge in [0, 0.05) is 10.6 Å². The maximum absolute atomic E-state index is 10.5. The molecule has 0 bridgehead atoms. The van der Waals surface area contributed by atoms with Crippen LogP contribution in [0.2, 0.25) is 0 Å². The number of nitrogens with two attached hydrogens (primary N) is 1. The zero-order valence-electron chi connectivity index (χ0n) is 5.52. The summed E-state index contributed by atoms with van der Waals surface area (Å²) in [5, 5.41) is 0. The average molecular weight is 213 g/mol. The molecule has 1 aromatic rings. The molecule has 0 saturated heterocycles. The zero-order valence-corrected chi connectivity index (χ0v) is 7.23. The third-order valence-corrected chi connectivity index (χ3v) is 2.27. The summed E-state index contributed by atoms with van der Waals surface area (Å²) in [6.45, 7) is 0. The van der Waals surface area contributed by atoms with Gasteiger partial charge in [0.25, 0.3) is 0 Å². The SMILES string of the molecule is Nc1cc(S(=O)O)ccc1S.[NaH]. The Balaban J connectivity index is 0.00000121. The van der Waals surface area contributed by atoms with Crippen LogP contribution in [-0.4, -0.2) is 38.3 Å². The molecule has 62 valence electrons. The fraction of sp³-hybridized carbons (Fsp3) is 0. The minimum atomic E-state index is -1.96. The third kappa shape index (κ3) is 3.08. The summed E-state index contributed by atoms with van der Waals surface area (Å²) in [5.74, 6) is 0. The van der Waals surface area contributed by atoms with Gasteiger partial charge in [0.15, 0.2) is 11.1 Å². The summed E-state index contributed by atoms with van der Waals surface area (Å²) < 4.78 is 19.1. The van der Waals surface area contributed by atoms with E-state index in [1.807, 2.05) is 0 Å². The van der Waals surface area contributed by atoms with E-state index in [0.29, 0.717) is 15.5 Å². The normalized spacial score (nSPS) is 11.8. The molecular weight excluding hydrogens is 205 g/mol. The van der Waals surface area contributed by atoms with Crippen molar-refractivity contribution in [2.75, 3.05) is 5.73 Å². The Bertz CT molecular complexity index is 306. The van der Waals surface area contributed by atoms with Crippen molar-refractivity contribution in [2.24, 2.45) is 0 Å². The van der Waals surface area contributed by atoms with Gasteiger partial charge in [0.2, 0.25) is 0 Å². The predicted molar refractivity (Wildman–Crippen MR) is 54.3 cm³/mol. The van der Waals surface area contributed by atoms with E-state index in [-0.39, 0.29) is 29.6 Å². The molecule has 6 heteroatoms. The van der Waals surface area contributed by atoms with Gasteiger partial charge in [-0.15, -0.1) is 12.6 Å². The van der Waals surface area contributed by atoms with Gasteiger partial charge in [0.05, 0.1) is 4.90 Å². The molecular formula is C6H8NNaO2S2. The van der Waals surface area contributed by atoms with Crippen molar-refractivity contribution >= 4 is 59.0 Å². The first-order valence-electron chi connectivity index (χ1n) is 2.80. The second-order valence-corrected chi connectivity index (χ2v) is 3.42. The first-order valence-corrected chi connectivity index (χ1v) is 4.36. The Morgan fingerprint density at radius 2 is 2.08 bits per heavy atom. The fourth-order valence-corrected chi connectivity index (χ4v) is 1.19. The Morgan fingerprint density at radius 1 is 1.50 bits per heavy atom. The van der Waals surface area contributed by atoms with Crippen LogP contribution < -0.4 is 5.73 Å². The molecule has 0 spiro atoms. The summed E-state index contributed by atoms with van der Waals surface area (Å²) in [6.07, 6.45) is 0. The van der Waals surface area contributed by atoms with E-state index >= 15 is 0 Å². The van der Waals surface area contributed by atoms with Crippen molar-refractivity contribution in [3.05, 3.63) is 18.2 Å². The Hall–Kier alpha value is 0.480. The molecule has 0 aliphatic rings. The molecule has 0 heterocycles. The molecule has 3 nitrogen and oxygen atoms in total. The number of nitrogen functional groups attached to an aromatic ring is 1. The molecule has 12 heavy (non-hydrogen) atoms. The molecule has 1 unspecified atom stereocenters. The third-order valence-electron chi connectivity index (χ3n) is 1.20. The molecule has 1 atom stereocenters. The van der Waals surface area contributed by atoms with Gasteiger partial charge in [-0.3, -0.25) is 0 Å². The van der Waals surface area contributed by atoms with Crippen LogP contribution in [0.1, 0.15) is 0 Å². The molecule has 0 aliphatic heterocycles. The number of hydrogen-bond donors (Lipinski definition) is 3. The van der Waals surface area contributed by atoms with Gasteiger partial charge < -0.3 is 10.3 Å². The summed E-state index contributed by atoms with van der Waals surface area (Å²) >= 11 is 2.05. The Kier molecular flexibility index (Phi) is 5.47. The maximum atomic E-state index is 10.5. The number of anilines is 1. The first-order chi connectivity index (χ1) is 5.11. The summed E-state index contributed by atoms with van der Waals surface area (Å²) in [4.78, 5) is 0.902. The van der Waals surface area contributed by atoms with Crippen LogP contribution in [-0.2, 0) is 11.1 Å². The Labute approximate surface area is 101 Å². The van der Waals surface area contributed by atoms with Crippen molar-refractivity contribution in [1.29, 1.82) is 0 Å². The second-order valence-electron chi connectivity index (χ2n) is 1.97. The van der Waals surface area contributed by atoms with Crippen LogP contribution in [0.25, 0.3) is 0 Å². The second kappa shape index (κ2) is 5.26. The van der Waals surface area contributed by atoms with Gasteiger partial charge in [0.1, 0.15) is 0 Å². The van der Waals surface area contributed by atoms with E-state index < -0.39 is 11.1 Å². The first kappa shape index (κ1) is 12.5. The topological polar surface area (TPSA) is 63.3 Å². The average Bonchev–Trinajstić information content (AvgIpc) is 1.94. The van der Waals surface area contributed by atoms with Crippen molar-refractivity contribution in [1.82, 2.24) is 0 Å². The summed E-state index contributed by atoms with van der Waals surface area (Å²) in [7, 11) is 0. The van der Waals surface area contributed by atoms with Crippen molar-refractivity contribution < 1.29 is 8.76 Å². The van der Waals surface area contributed by atoms with E-state index in [0.717, 1.165) is 0 Å². The van der Waals surface area contributed by atoms with Gasteiger partial charge >= 0.3 is 29.6 Å². The molecule has 3 N–H and O–H groups in total. The van der Waals surface area contributed by atoms with Crippen LogP contribution in [0, 0.1) is 0 Å².